The Morgan fingerprint density at radius 1 is 1.38 bits per heavy atom. The molecule has 3 heterocycles. The van der Waals surface area contributed by atoms with Gasteiger partial charge in [0.2, 0.25) is 10.0 Å². The minimum Gasteiger partial charge on any atom is -0.479 e. The lowest BCUT2D eigenvalue weighted by molar-refractivity contribution is 0.192. The van der Waals surface area contributed by atoms with Gasteiger partial charge in [0, 0.05) is 37.1 Å². The molecule has 0 saturated carbocycles. The molecule has 1 saturated heterocycles. The number of fused-ring (bicyclic) bond motifs is 1. The fourth-order valence-electron chi connectivity index (χ4n) is 3.45. The predicted molar refractivity (Wildman–Crippen MR) is 98.3 cm³/mol. The number of sulfonamides is 1. The third-order valence-corrected chi connectivity index (χ3v) is 8.00. The van der Waals surface area contributed by atoms with Crippen LogP contribution < -0.4 is 4.74 Å². The monoisotopic (exact) mass is 372 g/mol. The molecule has 136 valence electrons. The second-order valence-corrected chi connectivity index (χ2v) is 10.2. The lowest BCUT2D eigenvalue weighted by Gasteiger charge is -2.25. The molecule has 0 aliphatic carbocycles. The largest absolute Gasteiger partial charge is 0.479 e. The van der Waals surface area contributed by atoms with E-state index in [2.05, 4.69) is 24.8 Å². The van der Waals surface area contributed by atoms with Gasteiger partial charge in [0.15, 0.2) is 5.06 Å². The van der Waals surface area contributed by atoms with Gasteiger partial charge in [-0.25, -0.2) is 8.42 Å². The summed E-state index contributed by atoms with van der Waals surface area (Å²) < 4.78 is 32.4. The van der Waals surface area contributed by atoms with Crippen LogP contribution in [0.5, 0.6) is 5.06 Å². The molecule has 7 heteroatoms. The summed E-state index contributed by atoms with van der Waals surface area (Å²) in [5.41, 5.74) is 1.12. The maximum atomic E-state index is 12.3. The first-order valence-electron chi connectivity index (χ1n) is 8.89. The van der Waals surface area contributed by atoms with Crippen molar-refractivity contribution in [2.24, 2.45) is 0 Å². The average Bonchev–Trinajstić information content (AvgIpc) is 3.12. The number of rotatable bonds is 6. The summed E-state index contributed by atoms with van der Waals surface area (Å²) in [6, 6.07) is 2.62. The highest BCUT2D eigenvalue weighted by molar-refractivity contribution is 7.89. The molecule has 3 rings (SSSR count). The summed E-state index contributed by atoms with van der Waals surface area (Å²) >= 11 is 1.70. The first-order chi connectivity index (χ1) is 11.4. The third-order valence-electron chi connectivity index (χ3n) is 4.85. The van der Waals surface area contributed by atoms with Gasteiger partial charge in [-0.3, -0.25) is 4.90 Å². The number of nitrogens with zero attached hydrogens (tertiary/aromatic N) is 2. The molecule has 0 amide bonds. The minimum absolute atomic E-state index is 0.239. The fraction of sp³-hybridized carbons (Fsp3) is 0.765. The zero-order valence-electron chi connectivity index (χ0n) is 14.8. The quantitative estimate of drug-likeness (QED) is 0.770. The molecule has 0 bridgehead atoms. The van der Waals surface area contributed by atoms with Crippen LogP contribution >= 0.6 is 11.3 Å². The Balaban J connectivity index is 1.64. The SMILES string of the molecule is CCCS(=O)(=O)N1CCc2sc(OC3CCN(C(C)C)C3)cc2C1. The van der Waals surface area contributed by atoms with Gasteiger partial charge in [-0.05, 0) is 44.7 Å². The Labute approximate surface area is 149 Å². The topological polar surface area (TPSA) is 49.9 Å². The van der Waals surface area contributed by atoms with Crippen molar-refractivity contribution in [3.05, 3.63) is 16.5 Å². The first kappa shape index (κ1) is 18.2. The van der Waals surface area contributed by atoms with Crippen molar-refractivity contribution in [3.63, 3.8) is 0 Å². The number of hydrogen-bond donors (Lipinski definition) is 0. The number of hydrogen-bond acceptors (Lipinski definition) is 5. The summed E-state index contributed by atoms with van der Waals surface area (Å²) in [7, 11) is -3.12. The molecule has 2 aliphatic rings. The van der Waals surface area contributed by atoms with Crippen molar-refractivity contribution in [2.45, 2.75) is 58.7 Å². The average molecular weight is 373 g/mol. The number of thiophene rings is 1. The van der Waals surface area contributed by atoms with Crippen LogP contribution in [0.1, 0.15) is 44.1 Å². The lowest BCUT2D eigenvalue weighted by atomic mass is 10.1. The minimum atomic E-state index is -3.12. The molecule has 1 aromatic rings. The molecular weight excluding hydrogens is 344 g/mol. The van der Waals surface area contributed by atoms with E-state index >= 15 is 0 Å². The molecule has 0 radical (unpaired) electrons. The van der Waals surface area contributed by atoms with E-state index < -0.39 is 10.0 Å². The van der Waals surface area contributed by atoms with E-state index in [0.717, 1.165) is 36.6 Å². The fourth-order valence-corrected chi connectivity index (χ4v) is 6.00. The van der Waals surface area contributed by atoms with Crippen LogP contribution in [0.2, 0.25) is 0 Å². The van der Waals surface area contributed by atoms with E-state index in [4.69, 9.17) is 4.74 Å². The Morgan fingerprint density at radius 3 is 2.83 bits per heavy atom. The van der Waals surface area contributed by atoms with Crippen LogP contribution in [0.3, 0.4) is 0 Å². The highest BCUT2D eigenvalue weighted by atomic mass is 32.2. The van der Waals surface area contributed by atoms with Gasteiger partial charge in [-0.2, -0.15) is 4.31 Å². The maximum Gasteiger partial charge on any atom is 0.214 e. The van der Waals surface area contributed by atoms with Crippen molar-refractivity contribution in [1.82, 2.24) is 9.21 Å². The molecule has 1 atom stereocenters. The molecular formula is C17H28N2O3S2. The highest BCUT2D eigenvalue weighted by Crippen LogP contribution is 2.35. The van der Waals surface area contributed by atoms with Gasteiger partial charge in [-0.15, -0.1) is 11.3 Å². The third kappa shape index (κ3) is 3.95. The molecule has 0 N–H and O–H groups in total. The van der Waals surface area contributed by atoms with E-state index in [0.29, 0.717) is 25.6 Å². The molecule has 2 aliphatic heterocycles. The second kappa shape index (κ2) is 7.32. The van der Waals surface area contributed by atoms with Crippen molar-refractivity contribution in [3.8, 4) is 5.06 Å². The molecule has 1 fully saturated rings. The standard InChI is InChI=1S/C17H28N2O3S2/c1-4-9-24(20,21)19-8-6-16-14(11-19)10-17(23-16)22-15-5-7-18(12-15)13(2)3/h10,13,15H,4-9,11-12H2,1-3H3. The Hall–Kier alpha value is -0.630. The number of likely N-dealkylation sites (tertiary alicyclic amines) is 1. The van der Waals surface area contributed by atoms with E-state index in [9.17, 15) is 8.42 Å². The van der Waals surface area contributed by atoms with E-state index in [1.54, 1.807) is 15.6 Å². The first-order valence-corrected chi connectivity index (χ1v) is 11.3. The van der Waals surface area contributed by atoms with E-state index in [-0.39, 0.29) is 11.9 Å². The van der Waals surface area contributed by atoms with Gasteiger partial charge >= 0.3 is 0 Å². The van der Waals surface area contributed by atoms with Crippen molar-refractivity contribution in [2.75, 3.05) is 25.4 Å². The summed E-state index contributed by atoms with van der Waals surface area (Å²) in [5, 5.41) is 0.949. The Bertz CT molecular complexity index is 669. The van der Waals surface area contributed by atoms with E-state index in [1.807, 2.05) is 6.92 Å². The second-order valence-electron chi connectivity index (χ2n) is 7.03. The van der Waals surface area contributed by atoms with Gasteiger partial charge in [-0.1, -0.05) is 6.92 Å². The van der Waals surface area contributed by atoms with E-state index in [1.165, 1.54) is 4.88 Å². The highest BCUT2D eigenvalue weighted by Gasteiger charge is 2.29. The summed E-state index contributed by atoms with van der Waals surface area (Å²) in [4.78, 5) is 3.73. The zero-order valence-corrected chi connectivity index (χ0v) is 16.5. The van der Waals surface area contributed by atoms with Crippen molar-refractivity contribution < 1.29 is 13.2 Å². The van der Waals surface area contributed by atoms with Crippen LogP contribution in [-0.2, 0) is 23.0 Å². The zero-order chi connectivity index (χ0) is 17.3. The summed E-state index contributed by atoms with van der Waals surface area (Å²) in [6.07, 6.45) is 2.79. The maximum absolute atomic E-state index is 12.3. The Kier molecular flexibility index (Phi) is 5.54. The molecule has 0 spiro atoms. The van der Waals surface area contributed by atoms with Gasteiger partial charge in [0.25, 0.3) is 0 Å². The van der Waals surface area contributed by atoms with Crippen LogP contribution in [0.15, 0.2) is 6.07 Å². The molecule has 24 heavy (non-hydrogen) atoms. The molecule has 0 aromatic carbocycles. The van der Waals surface area contributed by atoms with Crippen molar-refractivity contribution in [1.29, 1.82) is 0 Å². The van der Waals surface area contributed by atoms with Crippen LogP contribution in [0.25, 0.3) is 0 Å². The lowest BCUT2D eigenvalue weighted by Crippen LogP contribution is -2.36. The van der Waals surface area contributed by atoms with Gasteiger partial charge < -0.3 is 4.74 Å². The normalized spacial score (nSPS) is 22.9. The van der Waals surface area contributed by atoms with Crippen molar-refractivity contribution >= 4 is 21.4 Å². The smallest absolute Gasteiger partial charge is 0.214 e. The molecule has 5 nitrogen and oxygen atoms in total. The number of ether oxygens (including phenoxy) is 1. The Morgan fingerprint density at radius 2 is 2.17 bits per heavy atom. The van der Waals surface area contributed by atoms with Crippen LogP contribution in [-0.4, -0.2) is 55.2 Å². The van der Waals surface area contributed by atoms with Gasteiger partial charge in [0.05, 0.1) is 5.75 Å². The molecule has 1 unspecified atom stereocenters. The van der Waals surface area contributed by atoms with Crippen LogP contribution in [0.4, 0.5) is 0 Å². The molecule has 1 aromatic heterocycles. The summed E-state index contributed by atoms with van der Waals surface area (Å²) in [6.45, 7) is 9.52. The van der Waals surface area contributed by atoms with Crippen LogP contribution in [0, 0.1) is 0 Å². The van der Waals surface area contributed by atoms with Gasteiger partial charge in [0.1, 0.15) is 6.10 Å². The predicted octanol–water partition coefficient (Wildman–Crippen LogP) is 2.71. The summed E-state index contributed by atoms with van der Waals surface area (Å²) in [5.74, 6) is 0.239.